The highest BCUT2D eigenvalue weighted by Gasteiger charge is 2.27. The summed E-state index contributed by atoms with van der Waals surface area (Å²) in [5, 5.41) is 0.679. The zero-order chi connectivity index (χ0) is 17.6. The van der Waals surface area contributed by atoms with Crippen LogP contribution in [0.1, 0.15) is 24.8 Å². The number of halogens is 1. The van der Waals surface area contributed by atoms with Gasteiger partial charge in [-0.1, -0.05) is 23.7 Å². The Balaban J connectivity index is 1.48. The molecule has 1 aromatic rings. The molecule has 2 heterocycles. The van der Waals surface area contributed by atoms with Gasteiger partial charge >= 0.3 is 6.03 Å². The maximum atomic E-state index is 12.5. The van der Waals surface area contributed by atoms with Crippen LogP contribution in [-0.4, -0.2) is 65.9 Å². The van der Waals surface area contributed by atoms with Crippen LogP contribution in [-0.2, 0) is 4.79 Å². The summed E-state index contributed by atoms with van der Waals surface area (Å²) in [6.07, 6.45) is 6.79. The molecule has 0 aromatic heterocycles. The smallest absolute Gasteiger partial charge is 0.320 e. The van der Waals surface area contributed by atoms with Crippen molar-refractivity contribution in [2.24, 2.45) is 0 Å². The van der Waals surface area contributed by atoms with Crippen LogP contribution in [0.2, 0.25) is 5.02 Å². The first-order valence-electron chi connectivity index (χ1n) is 8.90. The summed E-state index contributed by atoms with van der Waals surface area (Å²) in [5.74, 6) is -0.0139. The number of piperazine rings is 1. The van der Waals surface area contributed by atoms with E-state index in [9.17, 15) is 9.59 Å². The number of rotatable bonds is 2. The van der Waals surface area contributed by atoms with Crippen molar-refractivity contribution in [1.82, 2.24) is 14.7 Å². The van der Waals surface area contributed by atoms with E-state index in [1.807, 2.05) is 21.9 Å². The van der Waals surface area contributed by atoms with Gasteiger partial charge in [0.05, 0.1) is 0 Å². The minimum atomic E-state index is -0.0139. The second-order valence-electron chi connectivity index (χ2n) is 6.53. The van der Waals surface area contributed by atoms with Crippen molar-refractivity contribution in [3.8, 4) is 0 Å². The van der Waals surface area contributed by atoms with E-state index in [0.717, 1.165) is 31.5 Å². The molecular formula is C19H24ClN3O2. The Morgan fingerprint density at radius 2 is 1.36 bits per heavy atom. The molecule has 3 amide bonds. The van der Waals surface area contributed by atoms with Crippen molar-refractivity contribution in [3.05, 3.63) is 40.9 Å². The molecule has 1 aromatic carbocycles. The van der Waals surface area contributed by atoms with E-state index in [0.29, 0.717) is 31.2 Å². The fraction of sp³-hybridized carbons (Fsp3) is 0.474. The van der Waals surface area contributed by atoms with Crippen LogP contribution in [0.4, 0.5) is 4.79 Å². The highest BCUT2D eigenvalue weighted by Crippen LogP contribution is 2.14. The molecule has 2 aliphatic heterocycles. The van der Waals surface area contributed by atoms with Gasteiger partial charge in [0, 0.05) is 50.4 Å². The quantitative estimate of drug-likeness (QED) is 0.760. The average Bonchev–Trinajstić information content (AvgIpc) is 2.67. The minimum Gasteiger partial charge on any atom is -0.336 e. The number of urea groups is 1. The molecule has 0 atom stereocenters. The number of benzene rings is 1. The lowest BCUT2D eigenvalue weighted by Gasteiger charge is -2.38. The molecule has 5 nitrogen and oxygen atoms in total. The fourth-order valence-corrected chi connectivity index (χ4v) is 3.38. The summed E-state index contributed by atoms with van der Waals surface area (Å²) < 4.78 is 0. The van der Waals surface area contributed by atoms with Gasteiger partial charge in [-0.15, -0.1) is 0 Å². The normalized spacial score (nSPS) is 18.7. The van der Waals surface area contributed by atoms with Crippen LogP contribution in [0.25, 0.3) is 6.08 Å². The Labute approximate surface area is 153 Å². The highest BCUT2D eigenvalue weighted by molar-refractivity contribution is 6.30. The first kappa shape index (κ1) is 17.8. The molecule has 6 heteroatoms. The van der Waals surface area contributed by atoms with Gasteiger partial charge in [0.25, 0.3) is 0 Å². The Bertz CT molecular complexity index is 631. The van der Waals surface area contributed by atoms with Crippen molar-refractivity contribution in [3.63, 3.8) is 0 Å². The zero-order valence-corrected chi connectivity index (χ0v) is 15.1. The van der Waals surface area contributed by atoms with Gasteiger partial charge in [-0.2, -0.15) is 0 Å². The van der Waals surface area contributed by atoms with Crippen LogP contribution >= 0.6 is 11.6 Å². The number of nitrogens with zero attached hydrogens (tertiary/aromatic N) is 3. The highest BCUT2D eigenvalue weighted by atomic mass is 35.5. The monoisotopic (exact) mass is 361 g/mol. The molecule has 0 bridgehead atoms. The lowest BCUT2D eigenvalue weighted by molar-refractivity contribution is -0.127. The molecule has 0 spiro atoms. The lowest BCUT2D eigenvalue weighted by Crippen LogP contribution is -2.54. The summed E-state index contributed by atoms with van der Waals surface area (Å²) in [6.45, 7) is 4.11. The van der Waals surface area contributed by atoms with Crippen LogP contribution < -0.4 is 0 Å². The summed E-state index contributed by atoms with van der Waals surface area (Å²) in [5.41, 5.74) is 0.941. The maximum Gasteiger partial charge on any atom is 0.320 e. The van der Waals surface area contributed by atoms with Gasteiger partial charge in [-0.3, -0.25) is 4.79 Å². The predicted octanol–water partition coefficient (Wildman–Crippen LogP) is 3.10. The van der Waals surface area contributed by atoms with E-state index in [-0.39, 0.29) is 11.9 Å². The zero-order valence-electron chi connectivity index (χ0n) is 14.4. The molecule has 0 N–H and O–H groups in total. The van der Waals surface area contributed by atoms with E-state index in [2.05, 4.69) is 0 Å². The van der Waals surface area contributed by atoms with E-state index < -0.39 is 0 Å². The molecule has 2 fully saturated rings. The summed E-state index contributed by atoms with van der Waals surface area (Å²) in [6, 6.07) is 7.49. The third-order valence-corrected chi connectivity index (χ3v) is 5.03. The van der Waals surface area contributed by atoms with E-state index in [4.69, 9.17) is 11.6 Å². The van der Waals surface area contributed by atoms with Crippen LogP contribution in [0, 0.1) is 0 Å². The van der Waals surface area contributed by atoms with Gasteiger partial charge in [-0.25, -0.2) is 4.79 Å². The first-order chi connectivity index (χ1) is 12.1. The Kier molecular flexibility index (Phi) is 5.97. The largest absolute Gasteiger partial charge is 0.336 e. The van der Waals surface area contributed by atoms with Crippen LogP contribution in [0.5, 0.6) is 0 Å². The molecule has 0 unspecified atom stereocenters. The molecular weight excluding hydrogens is 338 g/mol. The third kappa shape index (κ3) is 4.75. The third-order valence-electron chi connectivity index (χ3n) is 4.78. The summed E-state index contributed by atoms with van der Waals surface area (Å²) in [4.78, 5) is 30.4. The number of piperidine rings is 1. The summed E-state index contributed by atoms with van der Waals surface area (Å²) >= 11 is 5.86. The van der Waals surface area contributed by atoms with Crippen molar-refractivity contribution >= 4 is 29.6 Å². The van der Waals surface area contributed by atoms with E-state index in [1.165, 1.54) is 6.42 Å². The second-order valence-corrected chi connectivity index (χ2v) is 6.96. The lowest BCUT2D eigenvalue weighted by atomic mass is 10.1. The molecule has 2 saturated heterocycles. The van der Waals surface area contributed by atoms with E-state index in [1.54, 1.807) is 29.2 Å². The predicted molar refractivity (Wildman–Crippen MR) is 99.5 cm³/mol. The molecule has 3 rings (SSSR count). The number of carbonyl (C=O) groups is 2. The van der Waals surface area contributed by atoms with Crippen LogP contribution in [0.3, 0.4) is 0 Å². The van der Waals surface area contributed by atoms with Crippen molar-refractivity contribution in [1.29, 1.82) is 0 Å². The van der Waals surface area contributed by atoms with Crippen LogP contribution in [0.15, 0.2) is 30.3 Å². The van der Waals surface area contributed by atoms with Crippen molar-refractivity contribution in [2.75, 3.05) is 39.3 Å². The maximum absolute atomic E-state index is 12.5. The molecule has 134 valence electrons. The van der Waals surface area contributed by atoms with Gasteiger partial charge in [-0.05, 0) is 43.0 Å². The molecule has 0 radical (unpaired) electrons. The van der Waals surface area contributed by atoms with Gasteiger partial charge < -0.3 is 14.7 Å². The Hall–Kier alpha value is -2.01. The first-order valence-corrected chi connectivity index (χ1v) is 9.28. The second kappa shape index (κ2) is 8.39. The van der Waals surface area contributed by atoms with Gasteiger partial charge in [0.2, 0.25) is 5.91 Å². The summed E-state index contributed by atoms with van der Waals surface area (Å²) in [7, 11) is 0. The van der Waals surface area contributed by atoms with Crippen molar-refractivity contribution < 1.29 is 9.59 Å². The fourth-order valence-electron chi connectivity index (χ4n) is 3.25. The van der Waals surface area contributed by atoms with Crippen molar-refractivity contribution in [2.45, 2.75) is 19.3 Å². The number of amides is 3. The van der Waals surface area contributed by atoms with E-state index >= 15 is 0 Å². The molecule has 0 aliphatic carbocycles. The van der Waals surface area contributed by atoms with Gasteiger partial charge in [0.15, 0.2) is 0 Å². The standard InChI is InChI=1S/C19H24ClN3O2/c20-17-7-4-16(5-8-17)6-9-18(24)21-12-14-23(15-13-21)19(25)22-10-2-1-3-11-22/h4-9H,1-3,10-15H2. The topological polar surface area (TPSA) is 43.9 Å². The number of carbonyl (C=O) groups excluding carboxylic acids is 2. The minimum absolute atomic E-state index is 0.0139. The number of likely N-dealkylation sites (tertiary alicyclic amines) is 1. The SMILES string of the molecule is O=C(C=Cc1ccc(Cl)cc1)N1CCN(C(=O)N2CCCCC2)CC1. The molecule has 2 aliphatic rings. The van der Waals surface area contributed by atoms with Gasteiger partial charge in [0.1, 0.15) is 0 Å². The molecule has 0 saturated carbocycles. The number of hydrogen-bond acceptors (Lipinski definition) is 2. The number of hydrogen-bond donors (Lipinski definition) is 0. The average molecular weight is 362 g/mol. The Morgan fingerprint density at radius 3 is 2.00 bits per heavy atom. The Morgan fingerprint density at radius 1 is 0.800 bits per heavy atom. The molecule has 25 heavy (non-hydrogen) atoms.